The summed E-state index contributed by atoms with van der Waals surface area (Å²) in [6, 6.07) is -0.0455. The van der Waals surface area contributed by atoms with Gasteiger partial charge in [0.1, 0.15) is 1.28 Å². The van der Waals surface area contributed by atoms with Crippen molar-refractivity contribution in [3.05, 3.63) is 0 Å². The van der Waals surface area contributed by atoms with Crippen LogP contribution in [0.1, 0.15) is 54.4 Å². The second kappa shape index (κ2) is 8.55. The molecule has 2 saturated heterocycles. The minimum absolute atomic E-state index is 0.00289. The average Bonchev–Trinajstić information content (AvgIpc) is 2.60. The van der Waals surface area contributed by atoms with Gasteiger partial charge < -0.3 is 19.3 Å². The number of hydrogen-bond acceptors (Lipinski definition) is 5. The minimum Gasteiger partial charge on any atom is -0.390 e. The predicted molar refractivity (Wildman–Crippen MR) is 96.5 cm³/mol. The molecule has 6 heteroatoms. The highest BCUT2D eigenvalue weighted by molar-refractivity contribution is 7.04. The van der Waals surface area contributed by atoms with E-state index < -0.39 is 6.10 Å². The van der Waals surface area contributed by atoms with Gasteiger partial charge in [-0.1, -0.05) is 34.6 Å². The lowest BCUT2D eigenvalue weighted by Crippen LogP contribution is -2.56. The summed E-state index contributed by atoms with van der Waals surface area (Å²) in [5.41, 5.74) is 0. The molecule has 2 fully saturated rings. The number of aliphatic hydroxyl groups excluding tert-OH is 1. The molecule has 2 rings (SSSR count). The van der Waals surface area contributed by atoms with E-state index in [1.807, 2.05) is 13.8 Å². The molecule has 2 aliphatic heterocycles. The van der Waals surface area contributed by atoms with E-state index in [1.165, 1.54) is 0 Å². The number of ether oxygens (including phenoxy) is 3. The lowest BCUT2D eigenvalue weighted by atomic mass is 9.83. The van der Waals surface area contributed by atoms with Crippen LogP contribution < -0.4 is 0 Å². The number of hydrogen-bond donors (Lipinski definition) is 1. The van der Waals surface area contributed by atoms with E-state index >= 15 is 0 Å². The van der Waals surface area contributed by atoms with Crippen LogP contribution in [0.2, 0.25) is 0 Å². The van der Waals surface area contributed by atoms with Crippen molar-refractivity contribution < 1.29 is 19.3 Å². The second-order valence-corrected chi connectivity index (χ2v) is 7.74. The van der Waals surface area contributed by atoms with Crippen LogP contribution in [0.25, 0.3) is 0 Å². The van der Waals surface area contributed by atoms with Crippen LogP contribution in [0.4, 0.5) is 0 Å². The van der Waals surface area contributed by atoms with E-state index in [0.29, 0.717) is 0 Å². The molecule has 5 nitrogen and oxygen atoms in total. The molecule has 0 saturated carbocycles. The Morgan fingerprint density at radius 2 is 1.71 bits per heavy atom. The molecule has 4 unspecified atom stereocenters. The summed E-state index contributed by atoms with van der Waals surface area (Å²) in [6.07, 6.45) is 0.498. The van der Waals surface area contributed by atoms with E-state index in [0.717, 1.165) is 12.8 Å². The van der Waals surface area contributed by atoms with Gasteiger partial charge >= 0.3 is 0 Å². The van der Waals surface area contributed by atoms with Gasteiger partial charge in [0.05, 0.1) is 36.6 Å². The monoisotopic (exact) mass is 362 g/mol. The van der Waals surface area contributed by atoms with Crippen LogP contribution in [0, 0.1) is 17.8 Å². The summed E-state index contributed by atoms with van der Waals surface area (Å²) in [5, 5.41) is 10.4. The van der Waals surface area contributed by atoms with Crippen LogP contribution in [-0.2, 0) is 14.2 Å². The third kappa shape index (κ3) is 3.86. The molecule has 0 bridgehead atoms. The predicted octanol–water partition coefficient (Wildman–Crippen LogP) is 3.67. The summed E-state index contributed by atoms with van der Waals surface area (Å²) in [5.74, 6) is 0.380. The molecule has 0 aliphatic carbocycles. The first-order valence-corrected chi connectivity index (χ1v) is 9.74. The highest BCUT2D eigenvalue weighted by atomic mass is 31.0. The minimum atomic E-state index is -0.452. The Morgan fingerprint density at radius 3 is 2.29 bits per heavy atom. The van der Waals surface area contributed by atoms with Crippen molar-refractivity contribution in [2.75, 3.05) is 0 Å². The van der Waals surface area contributed by atoms with E-state index in [-0.39, 0.29) is 63.5 Å². The molecular weight excluding hydrogens is 325 g/mol. The van der Waals surface area contributed by atoms with Gasteiger partial charge in [0.2, 0.25) is 0 Å². The molecule has 2 aliphatic rings. The molecule has 10 atom stereocenters. The SMILES string of the molecule is [4H]/P=N\[C@H]1C(C)[C@H](O[C@@H]2OC(CC)[C@@H](O)C(C)[C@@H]2C)C(CC)O[C@H]1C. The van der Waals surface area contributed by atoms with E-state index in [2.05, 4.69) is 32.4 Å². The molecule has 0 radical (unpaired) electrons. The molecule has 0 aromatic heterocycles. The van der Waals surface area contributed by atoms with Crippen molar-refractivity contribution in [2.24, 2.45) is 22.5 Å². The molecular formula is C18H34NO4P. The van der Waals surface area contributed by atoms with Gasteiger partial charge in [-0.3, -0.25) is 4.74 Å². The fourth-order valence-electron chi connectivity index (χ4n) is 4.06. The molecule has 0 aromatic rings. The topological polar surface area (TPSA) is 60.3 Å². The first-order valence-electron chi connectivity index (χ1n) is 9.78. The third-order valence-electron chi connectivity index (χ3n) is 6.01. The van der Waals surface area contributed by atoms with Crippen molar-refractivity contribution in [2.45, 2.75) is 97.2 Å². The molecule has 24 heavy (non-hydrogen) atoms. The molecule has 2 heterocycles. The second-order valence-electron chi connectivity index (χ2n) is 7.51. The van der Waals surface area contributed by atoms with Gasteiger partial charge in [-0.15, -0.1) is 0 Å². The van der Waals surface area contributed by atoms with E-state index in [1.54, 1.807) is 0 Å². The third-order valence-corrected chi connectivity index (χ3v) is 6.28. The molecule has 0 amide bonds. The summed E-state index contributed by atoms with van der Waals surface area (Å²) in [4.78, 5) is 0. The lowest BCUT2D eigenvalue weighted by Gasteiger charge is -2.48. The first kappa shape index (κ1) is 18.7. The fraction of sp³-hybridized carbons (Fsp3) is 1.00. The smallest absolute Gasteiger partial charge is 0.161 e. The Balaban J connectivity index is 2.17. The lowest BCUT2D eigenvalue weighted by molar-refractivity contribution is -0.303. The van der Waals surface area contributed by atoms with Gasteiger partial charge in [0, 0.05) is 11.8 Å². The zero-order valence-electron chi connectivity index (χ0n) is 16.8. The highest BCUT2D eigenvalue weighted by Gasteiger charge is 2.46. The van der Waals surface area contributed by atoms with Crippen LogP contribution in [0.15, 0.2) is 4.74 Å². The molecule has 140 valence electrons. The van der Waals surface area contributed by atoms with Gasteiger partial charge in [-0.05, 0) is 34.7 Å². The van der Waals surface area contributed by atoms with Gasteiger partial charge in [0.25, 0.3) is 0 Å². The molecule has 1 N–H and O–H groups in total. The summed E-state index contributed by atoms with van der Waals surface area (Å²) in [7, 11) is 0.281. The van der Waals surface area contributed by atoms with E-state index in [4.69, 9.17) is 15.5 Å². The van der Waals surface area contributed by atoms with Crippen molar-refractivity contribution in [1.29, 1.82) is 1.28 Å². The van der Waals surface area contributed by atoms with Crippen molar-refractivity contribution in [1.82, 2.24) is 0 Å². The Labute approximate surface area is 150 Å². The Morgan fingerprint density at radius 1 is 1.04 bits per heavy atom. The van der Waals surface area contributed by atoms with Gasteiger partial charge in [0.15, 0.2) is 6.29 Å². The number of aliphatic hydroxyl groups is 1. The Hall–Kier alpha value is -0.0600. The van der Waals surface area contributed by atoms with Crippen LogP contribution >= 0.6 is 8.98 Å². The molecule has 0 spiro atoms. The van der Waals surface area contributed by atoms with Crippen molar-refractivity contribution in [3.8, 4) is 0 Å². The maximum atomic E-state index is 10.4. The van der Waals surface area contributed by atoms with Crippen LogP contribution in [0.5, 0.6) is 0 Å². The number of nitrogens with zero attached hydrogens (tertiary/aromatic N) is 1. The maximum Gasteiger partial charge on any atom is 0.161 e. The van der Waals surface area contributed by atoms with Crippen molar-refractivity contribution in [3.63, 3.8) is 0 Å². The standard InChI is InChI=1S/C18H34NO4P/c1-7-13-16(20)9(3)10(4)18(22-13)23-17-11(5)15(19-24)12(6)21-14(17)8-2/h9-18,20,24H,7-8H2,1-6H3/t9?,10-,11?,12-,13?,14?,15-,16-,17-,18-/m0/s1. The average molecular weight is 362 g/mol. The van der Waals surface area contributed by atoms with Gasteiger partial charge in [-0.25, -0.2) is 0 Å². The zero-order chi connectivity index (χ0) is 18.7. The van der Waals surface area contributed by atoms with Crippen LogP contribution in [-0.4, -0.2) is 49.2 Å². The molecule has 0 aromatic carbocycles. The summed E-state index contributed by atoms with van der Waals surface area (Å²) < 4.78 is 30.5. The van der Waals surface area contributed by atoms with Crippen molar-refractivity contribution >= 4 is 8.98 Å². The largest absolute Gasteiger partial charge is 0.390 e. The van der Waals surface area contributed by atoms with Crippen LogP contribution in [0.3, 0.4) is 0 Å². The quantitative estimate of drug-likeness (QED) is 0.758. The Kier molecular flexibility index (Phi) is 6.67. The first-order chi connectivity index (χ1) is 11.8. The zero-order valence-corrected chi connectivity index (χ0v) is 16.6. The normalized spacial score (nSPS) is 50.9. The van der Waals surface area contributed by atoms with Gasteiger partial charge in [-0.2, -0.15) is 0 Å². The maximum absolute atomic E-state index is 10.4. The summed E-state index contributed by atoms with van der Waals surface area (Å²) >= 11 is 0. The number of rotatable bonds is 5. The fourth-order valence-corrected chi connectivity index (χ4v) is 4.45. The Bertz CT molecular complexity index is 453. The highest BCUT2D eigenvalue weighted by Crippen LogP contribution is 2.38. The van der Waals surface area contributed by atoms with E-state index in [9.17, 15) is 5.11 Å². The summed E-state index contributed by atoms with van der Waals surface area (Å²) in [6.45, 7) is 12.4.